The highest BCUT2D eigenvalue weighted by Gasteiger charge is 2.11. The largest absolute Gasteiger partial charge is 0.465 e. The van der Waals surface area contributed by atoms with Crippen LogP contribution in [0.25, 0.3) is 0 Å². The molecule has 0 spiro atoms. The molecule has 3 N–H and O–H groups in total. The standard InChI is InChI=1S/C14H14ClN3O2/c1-20-14(19)10-6-13(18-8-12(10)16)17-7-9-4-2-3-5-11(9)15/h2-6,8H,7,16H2,1H3,(H,17,18). The summed E-state index contributed by atoms with van der Waals surface area (Å²) in [6, 6.07) is 9.04. The number of rotatable bonds is 4. The van der Waals surface area contributed by atoms with Gasteiger partial charge in [0.25, 0.3) is 0 Å². The van der Waals surface area contributed by atoms with E-state index in [1.54, 1.807) is 6.07 Å². The summed E-state index contributed by atoms with van der Waals surface area (Å²) < 4.78 is 4.66. The van der Waals surface area contributed by atoms with Crippen LogP contribution in [0.3, 0.4) is 0 Å². The molecule has 6 heteroatoms. The predicted octanol–water partition coefficient (Wildman–Crippen LogP) is 2.72. The summed E-state index contributed by atoms with van der Waals surface area (Å²) in [6.45, 7) is 0.497. The van der Waals surface area contributed by atoms with Crippen molar-refractivity contribution in [3.05, 3.63) is 52.7 Å². The fraction of sp³-hybridized carbons (Fsp3) is 0.143. The number of nitrogens with one attached hydrogen (secondary N) is 1. The highest BCUT2D eigenvalue weighted by Crippen LogP contribution is 2.19. The fourth-order valence-electron chi connectivity index (χ4n) is 1.68. The first kappa shape index (κ1) is 14.1. The summed E-state index contributed by atoms with van der Waals surface area (Å²) in [4.78, 5) is 15.6. The molecule has 20 heavy (non-hydrogen) atoms. The van der Waals surface area contributed by atoms with Crippen molar-refractivity contribution in [2.24, 2.45) is 0 Å². The molecular formula is C14H14ClN3O2. The fourth-order valence-corrected chi connectivity index (χ4v) is 1.88. The van der Waals surface area contributed by atoms with Gasteiger partial charge in [-0.25, -0.2) is 9.78 Å². The van der Waals surface area contributed by atoms with Gasteiger partial charge in [-0.15, -0.1) is 0 Å². The van der Waals surface area contributed by atoms with Crippen molar-refractivity contribution >= 4 is 29.1 Å². The first-order valence-corrected chi connectivity index (χ1v) is 6.30. The minimum atomic E-state index is -0.495. The molecule has 0 saturated carbocycles. The van der Waals surface area contributed by atoms with Crippen LogP contribution in [0.1, 0.15) is 15.9 Å². The number of halogens is 1. The van der Waals surface area contributed by atoms with Gasteiger partial charge in [0.1, 0.15) is 5.82 Å². The Bertz CT molecular complexity index is 632. The molecule has 0 unspecified atom stereocenters. The van der Waals surface area contributed by atoms with E-state index in [1.165, 1.54) is 13.3 Å². The van der Waals surface area contributed by atoms with Gasteiger partial charge in [-0.1, -0.05) is 29.8 Å². The molecule has 104 valence electrons. The zero-order chi connectivity index (χ0) is 14.5. The van der Waals surface area contributed by atoms with Crippen LogP contribution < -0.4 is 11.1 Å². The lowest BCUT2D eigenvalue weighted by Gasteiger charge is -2.09. The number of nitrogen functional groups attached to an aromatic ring is 1. The molecule has 0 aliphatic rings. The van der Waals surface area contributed by atoms with Crippen LogP contribution in [-0.2, 0) is 11.3 Å². The summed E-state index contributed by atoms with van der Waals surface area (Å²) >= 11 is 6.07. The van der Waals surface area contributed by atoms with Gasteiger partial charge in [-0.05, 0) is 17.7 Å². The van der Waals surface area contributed by atoms with Gasteiger partial charge in [0.2, 0.25) is 0 Å². The molecule has 1 aromatic heterocycles. The number of pyridine rings is 1. The first-order valence-electron chi connectivity index (χ1n) is 5.93. The zero-order valence-corrected chi connectivity index (χ0v) is 11.6. The number of hydrogen-bond donors (Lipinski definition) is 2. The van der Waals surface area contributed by atoms with Gasteiger partial charge in [0.05, 0.1) is 24.6 Å². The molecule has 0 aliphatic carbocycles. The van der Waals surface area contributed by atoms with Crippen LogP contribution in [0.4, 0.5) is 11.5 Å². The highest BCUT2D eigenvalue weighted by atomic mass is 35.5. The number of nitrogens with two attached hydrogens (primary N) is 1. The van der Waals surface area contributed by atoms with Gasteiger partial charge >= 0.3 is 5.97 Å². The van der Waals surface area contributed by atoms with Crippen molar-refractivity contribution < 1.29 is 9.53 Å². The van der Waals surface area contributed by atoms with Crippen LogP contribution >= 0.6 is 11.6 Å². The van der Waals surface area contributed by atoms with E-state index in [-0.39, 0.29) is 11.3 Å². The van der Waals surface area contributed by atoms with E-state index in [2.05, 4.69) is 15.0 Å². The quantitative estimate of drug-likeness (QED) is 0.847. The van der Waals surface area contributed by atoms with Gasteiger partial charge in [0, 0.05) is 11.6 Å². The maximum Gasteiger partial charge on any atom is 0.340 e. The number of methoxy groups -OCH3 is 1. The minimum absolute atomic E-state index is 0.278. The topological polar surface area (TPSA) is 77.2 Å². The van der Waals surface area contributed by atoms with E-state index in [0.29, 0.717) is 17.4 Å². The Labute approximate surface area is 121 Å². The van der Waals surface area contributed by atoms with E-state index in [4.69, 9.17) is 17.3 Å². The van der Waals surface area contributed by atoms with Crippen LogP contribution in [0, 0.1) is 0 Å². The summed E-state index contributed by atoms with van der Waals surface area (Å²) in [6.07, 6.45) is 1.42. The van der Waals surface area contributed by atoms with E-state index < -0.39 is 5.97 Å². The second-order valence-electron chi connectivity index (χ2n) is 4.09. The Morgan fingerprint density at radius 2 is 2.20 bits per heavy atom. The minimum Gasteiger partial charge on any atom is -0.465 e. The normalized spacial score (nSPS) is 10.1. The zero-order valence-electron chi connectivity index (χ0n) is 10.9. The van der Waals surface area contributed by atoms with Gasteiger partial charge < -0.3 is 15.8 Å². The monoisotopic (exact) mass is 291 g/mol. The molecule has 1 aromatic carbocycles. The number of esters is 1. The molecule has 0 fully saturated rings. The van der Waals surface area contributed by atoms with Crippen molar-refractivity contribution in [1.29, 1.82) is 0 Å². The molecule has 0 radical (unpaired) electrons. The number of nitrogens with zero attached hydrogens (tertiary/aromatic N) is 1. The second kappa shape index (κ2) is 6.25. The van der Waals surface area contributed by atoms with Crippen molar-refractivity contribution in [2.45, 2.75) is 6.54 Å². The Morgan fingerprint density at radius 1 is 1.45 bits per heavy atom. The maximum atomic E-state index is 11.5. The molecular weight excluding hydrogens is 278 g/mol. The number of benzene rings is 1. The molecule has 1 heterocycles. The number of aromatic nitrogens is 1. The second-order valence-corrected chi connectivity index (χ2v) is 4.50. The van der Waals surface area contributed by atoms with Gasteiger partial charge in [0.15, 0.2) is 0 Å². The highest BCUT2D eigenvalue weighted by molar-refractivity contribution is 6.31. The van der Waals surface area contributed by atoms with Crippen molar-refractivity contribution in [3.63, 3.8) is 0 Å². The lowest BCUT2D eigenvalue weighted by Crippen LogP contribution is -2.09. The number of carbonyl (C=O) groups excluding carboxylic acids is 1. The maximum absolute atomic E-state index is 11.5. The molecule has 0 aliphatic heterocycles. The molecule has 0 bridgehead atoms. The van der Waals surface area contributed by atoms with Crippen molar-refractivity contribution in [2.75, 3.05) is 18.2 Å². The number of ether oxygens (including phenoxy) is 1. The molecule has 0 saturated heterocycles. The van der Waals surface area contributed by atoms with Crippen LogP contribution in [-0.4, -0.2) is 18.1 Å². The van der Waals surface area contributed by atoms with E-state index in [0.717, 1.165) is 5.56 Å². The molecule has 0 atom stereocenters. The predicted molar refractivity (Wildman–Crippen MR) is 78.8 cm³/mol. The van der Waals surface area contributed by atoms with Crippen LogP contribution in [0.2, 0.25) is 5.02 Å². The number of hydrogen-bond acceptors (Lipinski definition) is 5. The SMILES string of the molecule is COC(=O)c1cc(NCc2ccccc2Cl)ncc1N. The molecule has 5 nitrogen and oxygen atoms in total. The Morgan fingerprint density at radius 3 is 2.90 bits per heavy atom. The first-order chi connectivity index (χ1) is 9.61. The van der Waals surface area contributed by atoms with Crippen molar-refractivity contribution in [1.82, 2.24) is 4.98 Å². The summed E-state index contributed by atoms with van der Waals surface area (Å²) in [7, 11) is 1.30. The third-order valence-electron chi connectivity index (χ3n) is 2.76. The van der Waals surface area contributed by atoms with E-state index in [1.807, 2.05) is 24.3 Å². The van der Waals surface area contributed by atoms with Crippen LogP contribution in [0.15, 0.2) is 36.5 Å². The third kappa shape index (κ3) is 3.19. The van der Waals surface area contributed by atoms with E-state index in [9.17, 15) is 4.79 Å². The van der Waals surface area contributed by atoms with E-state index >= 15 is 0 Å². The summed E-state index contributed by atoms with van der Waals surface area (Å²) in [5.74, 6) is 0.0326. The molecule has 2 aromatic rings. The number of carbonyl (C=O) groups is 1. The van der Waals surface area contributed by atoms with Gasteiger partial charge in [-0.3, -0.25) is 0 Å². The Balaban J connectivity index is 2.14. The van der Waals surface area contributed by atoms with Gasteiger partial charge in [-0.2, -0.15) is 0 Å². The number of anilines is 2. The lowest BCUT2D eigenvalue weighted by molar-refractivity contribution is 0.0602. The summed E-state index contributed by atoms with van der Waals surface area (Å²) in [5.41, 5.74) is 7.18. The summed E-state index contributed by atoms with van der Waals surface area (Å²) in [5, 5.41) is 3.76. The smallest absolute Gasteiger partial charge is 0.340 e. The Kier molecular flexibility index (Phi) is 4.42. The van der Waals surface area contributed by atoms with Crippen LogP contribution in [0.5, 0.6) is 0 Å². The molecule has 0 amide bonds. The average molecular weight is 292 g/mol. The molecule has 2 rings (SSSR count). The Hall–Kier alpha value is -2.27. The third-order valence-corrected chi connectivity index (χ3v) is 3.13. The average Bonchev–Trinajstić information content (AvgIpc) is 2.47. The lowest BCUT2D eigenvalue weighted by atomic mass is 10.2. The van der Waals surface area contributed by atoms with Crippen molar-refractivity contribution in [3.8, 4) is 0 Å².